The van der Waals surface area contributed by atoms with Crippen molar-refractivity contribution in [1.29, 1.82) is 5.26 Å². The zero-order chi connectivity index (χ0) is 10.6. The molecule has 1 saturated heterocycles. The zero-order valence-electron chi connectivity index (χ0n) is 7.55. The third-order valence-electron chi connectivity index (χ3n) is 2.18. The Morgan fingerprint density at radius 1 is 1.36 bits per heavy atom. The van der Waals surface area contributed by atoms with Gasteiger partial charge in [-0.1, -0.05) is 0 Å². The van der Waals surface area contributed by atoms with Crippen LogP contribution in [0.25, 0.3) is 0 Å². The Hall–Kier alpha value is -0.410. The van der Waals surface area contributed by atoms with Gasteiger partial charge in [0.05, 0.1) is 0 Å². The molecule has 1 atom stereocenters. The minimum atomic E-state index is -4.27. The van der Waals surface area contributed by atoms with Gasteiger partial charge in [-0.3, -0.25) is 0 Å². The molecule has 0 spiro atoms. The number of nitriles is 1. The SMILES string of the molecule is N#CSC(CN1CCCC1)C(F)(F)F. The molecule has 1 heterocycles. The maximum atomic E-state index is 12.4. The Kier molecular flexibility index (Phi) is 4.08. The van der Waals surface area contributed by atoms with E-state index in [1.165, 1.54) is 5.40 Å². The lowest BCUT2D eigenvalue weighted by Gasteiger charge is -2.22. The van der Waals surface area contributed by atoms with E-state index in [0.29, 0.717) is 11.8 Å². The lowest BCUT2D eigenvalue weighted by atomic mass is 10.4. The fourth-order valence-electron chi connectivity index (χ4n) is 1.47. The second kappa shape index (κ2) is 4.89. The average molecular weight is 224 g/mol. The summed E-state index contributed by atoms with van der Waals surface area (Å²) in [4.78, 5) is 1.77. The predicted molar refractivity (Wildman–Crippen MR) is 48.7 cm³/mol. The molecule has 14 heavy (non-hydrogen) atoms. The second-order valence-corrected chi connectivity index (χ2v) is 4.23. The second-order valence-electron chi connectivity index (χ2n) is 3.25. The van der Waals surface area contributed by atoms with Crippen LogP contribution in [0, 0.1) is 10.7 Å². The highest BCUT2D eigenvalue weighted by Crippen LogP contribution is 2.31. The van der Waals surface area contributed by atoms with E-state index in [4.69, 9.17) is 5.26 Å². The highest BCUT2D eigenvalue weighted by atomic mass is 32.2. The predicted octanol–water partition coefficient (Wildman–Crippen LogP) is 2.23. The minimum Gasteiger partial charge on any atom is -0.302 e. The number of hydrogen-bond acceptors (Lipinski definition) is 3. The Bertz CT molecular complexity index is 218. The summed E-state index contributed by atoms with van der Waals surface area (Å²) < 4.78 is 37.1. The summed E-state index contributed by atoms with van der Waals surface area (Å²) in [6.07, 6.45) is -2.35. The molecule has 0 aromatic carbocycles. The van der Waals surface area contributed by atoms with Crippen LogP contribution in [-0.2, 0) is 0 Å². The summed E-state index contributed by atoms with van der Waals surface area (Å²) in [6.45, 7) is 1.39. The largest absolute Gasteiger partial charge is 0.402 e. The Balaban J connectivity index is 2.47. The maximum Gasteiger partial charge on any atom is 0.402 e. The lowest BCUT2D eigenvalue weighted by molar-refractivity contribution is -0.131. The number of thiocyanates is 1. The van der Waals surface area contributed by atoms with E-state index < -0.39 is 11.4 Å². The van der Waals surface area contributed by atoms with Gasteiger partial charge in [-0.05, 0) is 37.7 Å². The summed E-state index contributed by atoms with van der Waals surface area (Å²) in [7, 11) is 0. The van der Waals surface area contributed by atoms with Crippen molar-refractivity contribution in [2.75, 3.05) is 19.6 Å². The summed E-state index contributed by atoms with van der Waals surface area (Å²) in [5, 5.41) is 8.22. The van der Waals surface area contributed by atoms with Gasteiger partial charge < -0.3 is 4.90 Å². The van der Waals surface area contributed by atoms with Crippen molar-refractivity contribution in [2.45, 2.75) is 24.3 Å². The molecule has 0 saturated carbocycles. The van der Waals surface area contributed by atoms with Gasteiger partial charge in [0.25, 0.3) is 0 Å². The van der Waals surface area contributed by atoms with Crippen molar-refractivity contribution >= 4 is 11.8 Å². The van der Waals surface area contributed by atoms with Gasteiger partial charge in [0.2, 0.25) is 0 Å². The van der Waals surface area contributed by atoms with Gasteiger partial charge in [-0.2, -0.15) is 18.4 Å². The standard InChI is InChI=1S/C8H11F3N2S/c9-8(10,11)7(14-6-12)5-13-3-1-2-4-13/h7H,1-5H2. The molecule has 0 radical (unpaired) electrons. The van der Waals surface area contributed by atoms with E-state index in [-0.39, 0.29) is 6.54 Å². The van der Waals surface area contributed by atoms with Gasteiger partial charge >= 0.3 is 6.18 Å². The molecule has 1 aliphatic rings. The first-order chi connectivity index (χ1) is 6.54. The number of alkyl halides is 3. The smallest absolute Gasteiger partial charge is 0.302 e. The Morgan fingerprint density at radius 2 is 1.93 bits per heavy atom. The number of likely N-dealkylation sites (tertiary alicyclic amines) is 1. The van der Waals surface area contributed by atoms with Gasteiger partial charge in [-0.15, -0.1) is 0 Å². The Morgan fingerprint density at radius 3 is 2.36 bits per heavy atom. The van der Waals surface area contributed by atoms with Crippen molar-refractivity contribution in [3.8, 4) is 5.40 Å². The van der Waals surface area contributed by atoms with Gasteiger partial charge in [0.1, 0.15) is 10.7 Å². The number of thioether (sulfide) groups is 1. The molecular formula is C8H11F3N2S. The van der Waals surface area contributed by atoms with Gasteiger partial charge in [0, 0.05) is 6.54 Å². The molecular weight excluding hydrogens is 213 g/mol. The van der Waals surface area contributed by atoms with E-state index in [9.17, 15) is 13.2 Å². The van der Waals surface area contributed by atoms with Crippen LogP contribution < -0.4 is 0 Å². The van der Waals surface area contributed by atoms with Crippen LogP contribution in [0.2, 0.25) is 0 Å². The number of nitrogens with zero attached hydrogens (tertiary/aromatic N) is 2. The first kappa shape index (κ1) is 11.7. The molecule has 2 nitrogen and oxygen atoms in total. The van der Waals surface area contributed by atoms with Crippen molar-refractivity contribution in [3.05, 3.63) is 0 Å². The molecule has 1 aliphatic heterocycles. The molecule has 1 fully saturated rings. The molecule has 0 N–H and O–H groups in total. The number of rotatable bonds is 3. The van der Waals surface area contributed by atoms with Crippen LogP contribution >= 0.6 is 11.8 Å². The quantitative estimate of drug-likeness (QED) is 0.688. The first-order valence-electron chi connectivity index (χ1n) is 4.38. The van der Waals surface area contributed by atoms with Crippen molar-refractivity contribution in [3.63, 3.8) is 0 Å². The molecule has 0 aliphatic carbocycles. The topological polar surface area (TPSA) is 27.0 Å². The van der Waals surface area contributed by atoms with Crippen LogP contribution in [0.1, 0.15) is 12.8 Å². The highest BCUT2D eigenvalue weighted by Gasteiger charge is 2.41. The van der Waals surface area contributed by atoms with Crippen LogP contribution in [0.4, 0.5) is 13.2 Å². The zero-order valence-corrected chi connectivity index (χ0v) is 8.37. The summed E-state index contributed by atoms with van der Waals surface area (Å²) in [5.41, 5.74) is 0. The van der Waals surface area contributed by atoms with E-state index in [1.807, 2.05) is 0 Å². The minimum absolute atomic E-state index is 0.0538. The number of halogens is 3. The summed E-state index contributed by atoms with van der Waals surface area (Å²) >= 11 is 0.309. The molecule has 0 aromatic heterocycles. The average Bonchev–Trinajstić information content (AvgIpc) is 2.54. The summed E-state index contributed by atoms with van der Waals surface area (Å²) in [5.74, 6) is 0. The molecule has 1 rings (SSSR count). The molecule has 1 unspecified atom stereocenters. The van der Waals surface area contributed by atoms with Crippen molar-refractivity contribution in [1.82, 2.24) is 4.90 Å². The van der Waals surface area contributed by atoms with Gasteiger partial charge in [-0.25, -0.2) is 0 Å². The molecule has 80 valence electrons. The third kappa shape index (κ3) is 3.39. The van der Waals surface area contributed by atoms with E-state index in [2.05, 4.69) is 0 Å². The van der Waals surface area contributed by atoms with Crippen LogP contribution in [0.5, 0.6) is 0 Å². The monoisotopic (exact) mass is 224 g/mol. The van der Waals surface area contributed by atoms with E-state index in [1.54, 1.807) is 4.90 Å². The van der Waals surface area contributed by atoms with Crippen LogP contribution in [0.15, 0.2) is 0 Å². The first-order valence-corrected chi connectivity index (χ1v) is 5.26. The van der Waals surface area contributed by atoms with E-state index >= 15 is 0 Å². The molecule has 0 bridgehead atoms. The molecule has 0 aromatic rings. The third-order valence-corrected chi connectivity index (χ3v) is 2.99. The fraction of sp³-hybridized carbons (Fsp3) is 0.875. The Labute approximate surface area is 85.1 Å². The van der Waals surface area contributed by atoms with Crippen molar-refractivity contribution < 1.29 is 13.2 Å². The van der Waals surface area contributed by atoms with Gasteiger partial charge in [0.15, 0.2) is 0 Å². The lowest BCUT2D eigenvalue weighted by Crippen LogP contribution is -2.37. The fourth-order valence-corrected chi connectivity index (χ4v) is 2.02. The molecule has 0 amide bonds. The summed E-state index contributed by atoms with van der Waals surface area (Å²) in [6, 6.07) is 0. The van der Waals surface area contributed by atoms with E-state index in [0.717, 1.165) is 25.9 Å². The normalized spacial score (nSPS) is 20.7. The molecule has 6 heteroatoms. The van der Waals surface area contributed by atoms with Crippen LogP contribution in [0.3, 0.4) is 0 Å². The van der Waals surface area contributed by atoms with Crippen LogP contribution in [-0.4, -0.2) is 36.0 Å². The van der Waals surface area contributed by atoms with Crippen molar-refractivity contribution in [2.24, 2.45) is 0 Å². The highest BCUT2D eigenvalue weighted by molar-refractivity contribution is 8.04. The number of hydrogen-bond donors (Lipinski definition) is 0. The maximum absolute atomic E-state index is 12.4.